The maximum absolute atomic E-state index is 6.42. The Balaban J connectivity index is 0.0000000926. The molecule has 0 fully saturated rings. The van der Waals surface area contributed by atoms with E-state index in [1.165, 1.54) is 249 Å². The van der Waals surface area contributed by atoms with Crippen molar-refractivity contribution in [1.29, 1.82) is 0 Å². The molecule has 0 saturated heterocycles. The molecule has 0 N–H and O–H groups in total. The minimum absolute atomic E-state index is 0.924. The predicted octanol–water partition coefficient (Wildman–Crippen LogP) is 40.3. The molecule has 2 aromatic heterocycles. The zero-order chi connectivity index (χ0) is 96.0. The van der Waals surface area contributed by atoms with Crippen LogP contribution in [0, 0.1) is 0 Å². The Morgan fingerprint density at radius 3 is 0.979 bits per heavy atom. The van der Waals surface area contributed by atoms with Gasteiger partial charge in [0.2, 0.25) is 0 Å². The number of anilines is 12. The van der Waals surface area contributed by atoms with Crippen molar-refractivity contribution in [2.45, 2.75) is 64.8 Å². The van der Waals surface area contributed by atoms with E-state index in [1.807, 2.05) is 70.5 Å². The van der Waals surface area contributed by atoms with Gasteiger partial charge in [0.25, 0.3) is 0 Å². The minimum Gasteiger partial charge on any atom is -0.455 e. The standard InChI is InChI=1S/C37H23NOS.C37H23NS2.2C31H21NS/c2*1-2-12-26(13-3-1)38-31-21-24(27-15-8-16-29-28-14-4-5-18-33(28)39-36(27)29)19-20-34(31)40-37-30-17-7-10-23-9-6-11-25(35(23)30)22-32(37)38;1-3-9-21(10-4-1)23-17-18-27-29(20-23)33-31-26-16-8-12-22-11-7-13-24(30(22)26)19-28(31)32(27)25-14-5-2-6-15-25;1-3-9-21(10-4-1)23-17-18-29-27(19-23)32(25-14-5-2-6-15-25)28-20-24-13-7-11-22-12-8-16-26(30(22)24)31(28)33-29/h2*1-16,18-22H,17H2;2*1-15,17-20H,16H2. The van der Waals surface area contributed by atoms with E-state index in [9.17, 15) is 0 Å². The van der Waals surface area contributed by atoms with Crippen LogP contribution in [0.15, 0.2) is 505 Å². The lowest BCUT2D eigenvalue weighted by atomic mass is 9.91. The second kappa shape index (κ2) is 35.8. The molecule has 0 amide bonds. The highest BCUT2D eigenvalue weighted by molar-refractivity contribution is 8.00. The summed E-state index contributed by atoms with van der Waals surface area (Å²) in [5.41, 5.74) is 37.5. The van der Waals surface area contributed by atoms with E-state index in [-0.39, 0.29) is 0 Å². The van der Waals surface area contributed by atoms with Crippen molar-refractivity contribution in [3.05, 3.63) is 506 Å². The molecule has 0 bridgehead atoms. The predicted molar refractivity (Wildman–Crippen MR) is 624 cm³/mol. The summed E-state index contributed by atoms with van der Waals surface area (Å²) in [7, 11) is 0. The summed E-state index contributed by atoms with van der Waals surface area (Å²) >= 11 is 9.57. The second-order valence-corrected chi connectivity index (χ2v) is 43.4. The van der Waals surface area contributed by atoms with E-state index < -0.39 is 0 Å². The molecule has 0 atom stereocenters. The van der Waals surface area contributed by atoms with Crippen LogP contribution in [0.2, 0.25) is 0 Å². The highest BCUT2D eigenvalue weighted by atomic mass is 32.2. The van der Waals surface area contributed by atoms with Crippen LogP contribution in [0.25, 0.3) is 154 Å². The fourth-order valence-electron chi connectivity index (χ4n) is 23.2. The van der Waals surface area contributed by atoms with Gasteiger partial charge in [-0.3, -0.25) is 0 Å². The number of furan rings is 1. The fraction of sp³-hybridized carbons (Fsp3) is 0.0294. The van der Waals surface area contributed by atoms with Gasteiger partial charge in [0.1, 0.15) is 11.2 Å². The Morgan fingerprint density at radius 1 is 0.212 bits per heavy atom. The van der Waals surface area contributed by atoms with E-state index in [4.69, 9.17) is 4.42 Å². The van der Waals surface area contributed by atoms with Gasteiger partial charge in [0.05, 0.1) is 45.5 Å². The van der Waals surface area contributed by atoms with Gasteiger partial charge in [0, 0.05) is 98.4 Å². The number of fused-ring (bicyclic) bond motifs is 18. The molecule has 5 nitrogen and oxygen atoms in total. The van der Waals surface area contributed by atoms with Crippen LogP contribution < -0.4 is 19.6 Å². The van der Waals surface area contributed by atoms with E-state index >= 15 is 0 Å². The van der Waals surface area contributed by atoms with Gasteiger partial charge < -0.3 is 24.0 Å². The average molecular weight is 1950 g/mol. The zero-order valence-electron chi connectivity index (χ0n) is 79.3. The smallest absolute Gasteiger partial charge is 0.143 e. The topological polar surface area (TPSA) is 26.1 Å². The zero-order valence-corrected chi connectivity index (χ0v) is 83.3. The maximum atomic E-state index is 6.42. The summed E-state index contributed by atoms with van der Waals surface area (Å²) in [4.78, 5) is 20.5. The number of hydrogen-bond donors (Lipinski definition) is 0. The van der Waals surface area contributed by atoms with E-state index in [1.54, 1.807) is 0 Å². The summed E-state index contributed by atoms with van der Waals surface area (Å²) in [5, 5.41) is 15.8. The lowest BCUT2D eigenvalue weighted by Crippen LogP contribution is -2.16. The first kappa shape index (κ1) is 86.2. The number of thiophene rings is 1. The summed E-state index contributed by atoms with van der Waals surface area (Å²) in [6.45, 7) is 0. The third-order valence-corrected chi connectivity index (χ3v) is 35.8. The third-order valence-electron chi connectivity index (χ3n) is 29.7. The molecule has 4 aliphatic carbocycles. The first-order valence-electron chi connectivity index (χ1n) is 50.0. The molecule has 32 rings (SSSR count). The number of benzene rings is 22. The van der Waals surface area contributed by atoms with Crippen molar-refractivity contribution in [3.8, 4) is 44.5 Å². The lowest BCUT2D eigenvalue weighted by molar-refractivity contribution is 0.670. The molecule has 0 radical (unpaired) electrons. The molecule has 0 unspecified atom stereocenters. The van der Waals surface area contributed by atoms with Gasteiger partial charge in [-0.25, -0.2) is 0 Å². The number of rotatable bonds is 8. The van der Waals surface area contributed by atoms with E-state index in [2.05, 4.69) is 493 Å². The highest BCUT2D eigenvalue weighted by Gasteiger charge is 2.37. The van der Waals surface area contributed by atoms with Crippen LogP contribution in [0.3, 0.4) is 0 Å². The van der Waals surface area contributed by atoms with Crippen LogP contribution in [-0.2, 0) is 25.7 Å². The SMILES string of the molecule is C1=Cc2cccc3cc4c(c(c23)C1)Sc1cc(-c2ccccc2)ccc1N4c1ccccc1.C1=Cc2cccc3cc4c(c(c23)C1)Sc1ccc(-c2cccc3c2oc2ccccc23)cc1N4c1ccccc1.C1=Cc2cccc3cc4c(c(c23)C1)Sc1ccc(-c2cccc3c2sc2ccccc23)cc1N4c1ccccc1.C1=Cc2cccc3cc4c(c(c23)C1)Sc1ccc(-c2ccccc2)cc1N4c1ccccc1. The number of allylic oxidation sites excluding steroid dienone is 4. The monoisotopic (exact) mass is 1950 g/mol. The molecule has 0 saturated carbocycles. The Bertz CT molecular complexity index is 9340. The Kier molecular flexibility index (Phi) is 21.1. The van der Waals surface area contributed by atoms with Gasteiger partial charge in [0.15, 0.2) is 0 Å². The van der Waals surface area contributed by atoms with Gasteiger partial charge in [-0.15, -0.1) is 11.3 Å². The first-order valence-corrected chi connectivity index (χ1v) is 54.1. The van der Waals surface area contributed by atoms with Gasteiger partial charge >= 0.3 is 0 Å². The normalized spacial score (nSPS) is 13.6. The van der Waals surface area contributed by atoms with Crippen LogP contribution >= 0.6 is 58.4 Å². The molecule has 0 spiro atoms. The molecular weight excluding hydrogens is 1870 g/mol. The van der Waals surface area contributed by atoms with Crippen LogP contribution in [0.1, 0.15) is 44.5 Å². The summed E-state index contributed by atoms with van der Waals surface area (Å²) in [6, 6.07) is 159. The minimum atomic E-state index is 0.924. The molecule has 688 valence electrons. The molecular formula is C136H88N4OS5. The van der Waals surface area contributed by atoms with Crippen LogP contribution in [0.4, 0.5) is 68.2 Å². The molecule has 22 aromatic carbocycles. The number of para-hydroxylation sites is 6. The number of hydrogen-bond acceptors (Lipinski definition) is 10. The lowest BCUT2D eigenvalue weighted by Gasteiger charge is -2.35. The third kappa shape index (κ3) is 14.6. The van der Waals surface area contributed by atoms with Crippen LogP contribution in [-0.4, -0.2) is 0 Å². The van der Waals surface area contributed by atoms with Crippen molar-refractivity contribution in [2.24, 2.45) is 0 Å². The summed E-state index contributed by atoms with van der Waals surface area (Å²) < 4.78 is 9.12. The molecule has 4 aliphatic heterocycles. The van der Waals surface area contributed by atoms with E-state index in [0.29, 0.717) is 0 Å². The van der Waals surface area contributed by atoms with Crippen molar-refractivity contribution >= 4 is 236 Å². The van der Waals surface area contributed by atoms with Crippen LogP contribution in [0.5, 0.6) is 0 Å². The Morgan fingerprint density at radius 2 is 0.541 bits per heavy atom. The Hall–Kier alpha value is -16.5. The van der Waals surface area contributed by atoms with Crippen molar-refractivity contribution in [1.82, 2.24) is 0 Å². The first-order chi connectivity index (χ1) is 72.4. The second-order valence-electron chi connectivity index (χ2n) is 38.1. The quantitative estimate of drug-likeness (QED) is 0.147. The molecule has 6 heterocycles. The molecule has 146 heavy (non-hydrogen) atoms. The summed E-state index contributed by atoms with van der Waals surface area (Å²) in [6.07, 6.45) is 22.2. The molecule has 10 heteroatoms. The average Bonchev–Trinajstić information content (AvgIpc) is 1.04. The van der Waals surface area contributed by atoms with Crippen molar-refractivity contribution in [3.63, 3.8) is 0 Å². The Labute approximate surface area is 867 Å². The molecule has 24 aromatic rings. The van der Waals surface area contributed by atoms with Gasteiger partial charge in [-0.05, 0) is 286 Å². The largest absolute Gasteiger partial charge is 0.455 e. The summed E-state index contributed by atoms with van der Waals surface area (Å²) in [5.74, 6) is 0. The van der Waals surface area contributed by atoms with Crippen molar-refractivity contribution in [2.75, 3.05) is 19.6 Å². The fourth-order valence-corrected chi connectivity index (χ4v) is 29.2. The maximum Gasteiger partial charge on any atom is 0.143 e. The van der Waals surface area contributed by atoms with Gasteiger partial charge in [-0.2, -0.15) is 0 Å². The number of nitrogens with zero attached hydrogens (tertiary/aromatic N) is 4. The highest BCUT2D eigenvalue weighted by Crippen LogP contribution is 2.63. The van der Waals surface area contributed by atoms with E-state index in [0.717, 1.165) is 58.7 Å². The van der Waals surface area contributed by atoms with Gasteiger partial charge in [-0.1, -0.05) is 399 Å². The van der Waals surface area contributed by atoms with Crippen molar-refractivity contribution < 1.29 is 4.42 Å². The molecule has 8 aliphatic rings.